The molecule has 0 aromatic carbocycles. The van der Waals surface area contributed by atoms with Gasteiger partial charge in [-0.25, -0.2) is 0 Å². The largest absolute Gasteiger partial charge is 0.394 e. The van der Waals surface area contributed by atoms with Crippen molar-refractivity contribution in [3.63, 3.8) is 0 Å². The molecule has 2 rings (SSSR count). The van der Waals surface area contributed by atoms with Crippen LogP contribution in [0.15, 0.2) is 0 Å². The average Bonchev–Trinajstić information content (AvgIpc) is 2.80. The summed E-state index contributed by atoms with van der Waals surface area (Å²) in [4.78, 5) is 13.8. The number of carbonyl (C=O) groups excluding carboxylic acids is 1. The summed E-state index contributed by atoms with van der Waals surface area (Å²) in [5.41, 5.74) is 0. The molecule has 2 heterocycles. The summed E-state index contributed by atoms with van der Waals surface area (Å²) in [6, 6.07) is 0. The predicted octanol–water partition coefficient (Wildman–Crippen LogP) is -0.226. The third kappa shape index (κ3) is 2.53. The number of ether oxygens (including phenoxy) is 2. The maximum atomic E-state index is 12.1. The van der Waals surface area contributed by atoms with Crippen molar-refractivity contribution in [1.29, 1.82) is 0 Å². The number of aliphatic hydroxyl groups is 1. The van der Waals surface area contributed by atoms with Gasteiger partial charge >= 0.3 is 0 Å². The molecule has 2 aliphatic heterocycles. The predicted molar refractivity (Wildman–Crippen MR) is 57.0 cm³/mol. The Morgan fingerprint density at radius 2 is 2.31 bits per heavy atom. The highest BCUT2D eigenvalue weighted by Gasteiger charge is 2.33. The van der Waals surface area contributed by atoms with E-state index in [1.807, 2.05) is 6.92 Å². The minimum atomic E-state index is -0.273. The van der Waals surface area contributed by atoms with E-state index < -0.39 is 0 Å². The molecule has 0 radical (unpaired) electrons. The van der Waals surface area contributed by atoms with E-state index in [1.165, 1.54) is 0 Å². The van der Waals surface area contributed by atoms with Crippen molar-refractivity contribution in [1.82, 2.24) is 4.90 Å². The Kier molecular flexibility index (Phi) is 3.78. The molecular weight excluding hydrogens is 210 g/mol. The molecule has 0 aromatic rings. The number of amides is 1. The lowest BCUT2D eigenvalue weighted by molar-refractivity contribution is -0.155. The van der Waals surface area contributed by atoms with Crippen LogP contribution in [0.2, 0.25) is 0 Å². The first kappa shape index (κ1) is 11.8. The SMILES string of the molecule is CC1CN(C(=O)C2CCCO2)CC(CO)O1. The van der Waals surface area contributed by atoms with Gasteiger partial charge in [0.25, 0.3) is 5.91 Å². The van der Waals surface area contributed by atoms with Crippen LogP contribution in [-0.2, 0) is 14.3 Å². The van der Waals surface area contributed by atoms with Crippen molar-refractivity contribution in [2.75, 3.05) is 26.3 Å². The first-order chi connectivity index (χ1) is 7.70. The van der Waals surface area contributed by atoms with Gasteiger partial charge in [0.2, 0.25) is 0 Å². The van der Waals surface area contributed by atoms with E-state index in [9.17, 15) is 4.79 Å². The van der Waals surface area contributed by atoms with Gasteiger partial charge < -0.3 is 19.5 Å². The number of rotatable bonds is 2. The Labute approximate surface area is 95.3 Å². The Balaban J connectivity index is 1.94. The van der Waals surface area contributed by atoms with Gasteiger partial charge in [-0.15, -0.1) is 0 Å². The normalized spacial score (nSPS) is 35.4. The number of hydrogen-bond acceptors (Lipinski definition) is 4. The lowest BCUT2D eigenvalue weighted by Gasteiger charge is -2.37. The van der Waals surface area contributed by atoms with Crippen LogP contribution < -0.4 is 0 Å². The summed E-state index contributed by atoms with van der Waals surface area (Å²) in [7, 11) is 0. The Morgan fingerprint density at radius 3 is 2.94 bits per heavy atom. The molecule has 2 fully saturated rings. The zero-order valence-electron chi connectivity index (χ0n) is 9.59. The number of morpholine rings is 1. The molecule has 1 N–H and O–H groups in total. The van der Waals surface area contributed by atoms with E-state index in [1.54, 1.807) is 4.90 Å². The monoisotopic (exact) mass is 229 g/mol. The second kappa shape index (κ2) is 5.12. The lowest BCUT2D eigenvalue weighted by atomic mass is 10.1. The van der Waals surface area contributed by atoms with Gasteiger partial charge in [-0.3, -0.25) is 4.79 Å². The first-order valence-electron chi connectivity index (χ1n) is 5.87. The molecule has 1 amide bonds. The molecule has 16 heavy (non-hydrogen) atoms. The van der Waals surface area contributed by atoms with Gasteiger partial charge in [0, 0.05) is 19.7 Å². The third-order valence-electron chi connectivity index (χ3n) is 3.05. The molecule has 5 heteroatoms. The summed E-state index contributed by atoms with van der Waals surface area (Å²) in [5.74, 6) is 0.0473. The number of hydrogen-bond donors (Lipinski definition) is 1. The summed E-state index contributed by atoms with van der Waals surface area (Å²) in [5, 5.41) is 9.08. The average molecular weight is 229 g/mol. The molecule has 0 spiro atoms. The van der Waals surface area contributed by atoms with Crippen LogP contribution in [0.4, 0.5) is 0 Å². The van der Waals surface area contributed by atoms with E-state index in [-0.39, 0.29) is 30.8 Å². The number of aliphatic hydroxyl groups excluding tert-OH is 1. The van der Waals surface area contributed by atoms with Crippen LogP contribution in [0, 0.1) is 0 Å². The van der Waals surface area contributed by atoms with Crippen LogP contribution in [-0.4, -0.2) is 60.5 Å². The molecule has 3 unspecified atom stereocenters. The second-order valence-corrected chi connectivity index (χ2v) is 4.50. The highest BCUT2D eigenvalue weighted by Crippen LogP contribution is 2.18. The number of carbonyl (C=O) groups is 1. The Morgan fingerprint density at radius 1 is 1.50 bits per heavy atom. The van der Waals surface area contributed by atoms with Crippen LogP contribution in [0.1, 0.15) is 19.8 Å². The van der Waals surface area contributed by atoms with Gasteiger partial charge in [-0.05, 0) is 19.8 Å². The van der Waals surface area contributed by atoms with Crippen molar-refractivity contribution in [2.24, 2.45) is 0 Å². The molecule has 0 aliphatic carbocycles. The maximum absolute atomic E-state index is 12.1. The highest BCUT2D eigenvalue weighted by molar-refractivity contribution is 5.81. The van der Waals surface area contributed by atoms with Crippen LogP contribution >= 0.6 is 0 Å². The molecule has 3 atom stereocenters. The van der Waals surface area contributed by atoms with E-state index in [0.29, 0.717) is 19.7 Å². The fraction of sp³-hybridized carbons (Fsp3) is 0.909. The topological polar surface area (TPSA) is 59.0 Å². The third-order valence-corrected chi connectivity index (χ3v) is 3.05. The van der Waals surface area contributed by atoms with Crippen LogP contribution in [0.25, 0.3) is 0 Å². The summed E-state index contributed by atoms with van der Waals surface area (Å²) >= 11 is 0. The minimum absolute atomic E-state index is 0.0174. The fourth-order valence-electron chi connectivity index (χ4n) is 2.30. The van der Waals surface area contributed by atoms with E-state index in [4.69, 9.17) is 14.6 Å². The van der Waals surface area contributed by atoms with Gasteiger partial charge in [-0.2, -0.15) is 0 Å². The molecule has 2 saturated heterocycles. The zero-order valence-corrected chi connectivity index (χ0v) is 9.59. The van der Waals surface area contributed by atoms with E-state index in [2.05, 4.69) is 0 Å². The molecule has 0 aromatic heterocycles. The number of nitrogens with zero attached hydrogens (tertiary/aromatic N) is 1. The van der Waals surface area contributed by atoms with Gasteiger partial charge in [0.05, 0.1) is 18.8 Å². The molecule has 0 bridgehead atoms. The Hall–Kier alpha value is -0.650. The zero-order chi connectivity index (χ0) is 11.5. The van der Waals surface area contributed by atoms with Crippen molar-refractivity contribution in [3.05, 3.63) is 0 Å². The summed E-state index contributed by atoms with van der Waals surface area (Å²) in [6.07, 6.45) is 1.23. The highest BCUT2D eigenvalue weighted by atomic mass is 16.5. The molecule has 0 saturated carbocycles. The fourth-order valence-corrected chi connectivity index (χ4v) is 2.30. The standard InChI is InChI=1S/C11H19NO4/c1-8-5-12(6-9(7-13)16-8)11(14)10-3-2-4-15-10/h8-10,13H,2-7H2,1H3. The van der Waals surface area contributed by atoms with Gasteiger partial charge in [0.1, 0.15) is 6.10 Å². The minimum Gasteiger partial charge on any atom is -0.394 e. The van der Waals surface area contributed by atoms with Gasteiger partial charge in [-0.1, -0.05) is 0 Å². The Bertz CT molecular complexity index is 252. The van der Waals surface area contributed by atoms with E-state index in [0.717, 1.165) is 12.8 Å². The molecular formula is C11H19NO4. The molecule has 92 valence electrons. The molecule has 5 nitrogen and oxygen atoms in total. The second-order valence-electron chi connectivity index (χ2n) is 4.50. The molecule has 2 aliphatic rings. The maximum Gasteiger partial charge on any atom is 0.251 e. The van der Waals surface area contributed by atoms with Crippen molar-refractivity contribution in [2.45, 2.75) is 38.1 Å². The smallest absolute Gasteiger partial charge is 0.251 e. The summed E-state index contributed by atoms with van der Waals surface area (Å²) < 4.78 is 10.9. The lowest BCUT2D eigenvalue weighted by Crippen LogP contribution is -2.52. The van der Waals surface area contributed by atoms with Crippen molar-refractivity contribution < 1.29 is 19.4 Å². The van der Waals surface area contributed by atoms with E-state index >= 15 is 0 Å². The van der Waals surface area contributed by atoms with Crippen molar-refractivity contribution in [3.8, 4) is 0 Å². The van der Waals surface area contributed by atoms with Gasteiger partial charge in [0.15, 0.2) is 0 Å². The summed E-state index contributed by atoms with van der Waals surface area (Å²) in [6.45, 7) is 3.62. The quantitative estimate of drug-likeness (QED) is 0.711. The van der Waals surface area contributed by atoms with Crippen LogP contribution in [0.5, 0.6) is 0 Å². The first-order valence-corrected chi connectivity index (χ1v) is 5.87. The van der Waals surface area contributed by atoms with Crippen molar-refractivity contribution >= 4 is 5.91 Å². The van der Waals surface area contributed by atoms with Crippen LogP contribution in [0.3, 0.4) is 0 Å².